The molecule has 5 nitrogen and oxygen atoms in total. The lowest BCUT2D eigenvalue weighted by Crippen LogP contribution is -2.22. The zero-order valence-corrected chi connectivity index (χ0v) is 8.06. The van der Waals surface area contributed by atoms with Crippen LogP contribution in [-0.2, 0) is 6.54 Å². The average molecular weight is 193 g/mol. The summed E-state index contributed by atoms with van der Waals surface area (Å²) in [7, 11) is 1.82. The van der Waals surface area contributed by atoms with E-state index in [1.807, 2.05) is 20.2 Å². The second-order valence-corrected chi connectivity index (χ2v) is 3.43. The zero-order valence-electron chi connectivity index (χ0n) is 8.06. The van der Waals surface area contributed by atoms with Crippen LogP contribution in [-0.4, -0.2) is 27.9 Å². The van der Waals surface area contributed by atoms with Crippen molar-refractivity contribution in [2.45, 2.75) is 13.5 Å². The third kappa shape index (κ3) is 1.17. The first-order valence-electron chi connectivity index (χ1n) is 4.29. The minimum atomic E-state index is -0.939. The third-order valence-electron chi connectivity index (χ3n) is 2.19. The first kappa shape index (κ1) is 8.80. The van der Waals surface area contributed by atoms with Crippen LogP contribution in [0.3, 0.4) is 0 Å². The summed E-state index contributed by atoms with van der Waals surface area (Å²) in [5, 5.41) is 12.9. The van der Waals surface area contributed by atoms with Crippen molar-refractivity contribution in [2.75, 3.05) is 11.9 Å². The Morgan fingerprint density at radius 3 is 3.00 bits per heavy atom. The molecule has 0 atom stereocenters. The van der Waals surface area contributed by atoms with Crippen LogP contribution in [0.5, 0.6) is 0 Å². The molecule has 74 valence electrons. The smallest absolute Gasteiger partial charge is 0.341 e. The number of anilines is 1. The molecule has 1 aromatic heterocycles. The standard InChI is InChI=1S/C9H11N3O2/c1-6-4-11(2)8-7(9(13)14)3-10-12(8)5-6/h3-4H,5H2,1-2H3,(H,13,14). The molecule has 0 spiro atoms. The summed E-state index contributed by atoms with van der Waals surface area (Å²) in [5.41, 5.74) is 1.40. The van der Waals surface area contributed by atoms with Gasteiger partial charge >= 0.3 is 5.97 Å². The molecule has 2 heterocycles. The van der Waals surface area contributed by atoms with Crippen LogP contribution in [0.4, 0.5) is 5.82 Å². The number of hydrogen-bond donors (Lipinski definition) is 1. The van der Waals surface area contributed by atoms with Gasteiger partial charge in [-0.05, 0) is 12.5 Å². The molecule has 1 aliphatic rings. The summed E-state index contributed by atoms with van der Waals surface area (Å²) in [6.45, 7) is 2.65. The minimum absolute atomic E-state index is 0.247. The Morgan fingerprint density at radius 2 is 2.36 bits per heavy atom. The molecule has 14 heavy (non-hydrogen) atoms. The molecular formula is C9H11N3O2. The molecule has 0 unspecified atom stereocenters. The normalized spacial score (nSPS) is 15.0. The van der Waals surface area contributed by atoms with E-state index in [4.69, 9.17) is 5.11 Å². The van der Waals surface area contributed by atoms with Gasteiger partial charge in [-0.3, -0.25) is 0 Å². The van der Waals surface area contributed by atoms with Crippen LogP contribution in [0, 0.1) is 0 Å². The predicted octanol–water partition coefficient (Wildman–Crippen LogP) is 0.935. The molecule has 0 saturated heterocycles. The number of carbonyl (C=O) groups is 1. The van der Waals surface area contributed by atoms with E-state index < -0.39 is 5.97 Å². The summed E-state index contributed by atoms with van der Waals surface area (Å²) >= 11 is 0. The van der Waals surface area contributed by atoms with Crippen LogP contribution in [0.1, 0.15) is 17.3 Å². The van der Waals surface area contributed by atoms with Crippen LogP contribution >= 0.6 is 0 Å². The maximum absolute atomic E-state index is 10.9. The van der Waals surface area contributed by atoms with Gasteiger partial charge in [0.05, 0.1) is 12.7 Å². The Hall–Kier alpha value is -1.78. The summed E-state index contributed by atoms with van der Waals surface area (Å²) in [6, 6.07) is 0. The van der Waals surface area contributed by atoms with E-state index in [0.717, 1.165) is 5.57 Å². The van der Waals surface area contributed by atoms with Crippen molar-refractivity contribution in [3.05, 3.63) is 23.5 Å². The van der Waals surface area contributed by atoms with Gasteiger partial charge < -0.3 is 10.0 Å². The molecule has 0 fully saturated rings. The van der Waals surface area contributed by atoms with Crippen LogP contribution in [0.25, 0.3) is 0 Å². The van der Waals surface area contributed by atoms with Gasteiger partial charge in [0.25, 0.3) is 0 Å². The van der Waals surface area contributed by atoms with E-state index in [1.165, 1.54) is 6.20 Å². The van der Waals surface area contributed by atoms with Gasteiger partial charge in [-0.25, -0.2) is 9.48 Å². The molecule has 1 aliphatic heterocycles. The fraction of sp³-hybridized carbons (Fsp3) is 0.333. The number of carboxylic acid groups (broad SMARTS) is 1. The highest BCUT2D eigenvalue weighted by atomic mass is 16.4. The van der Waals surface area contributed by atoms with Crippen LogP contribution < -0.4 is 4.90 Å². The van der Waals surface area contributed by atoms with Crippen molar-refractivity contribution in [2.24, 2.45) is 0 Å². The third-order valence-corrected chi connectivity index (χ3v) is 2.19. The molecule has 0 radical (unpaired) electrons. The number of nitrogens with zero attached hydrogens (tertiary/aromatic N) is 3. The molecule has 0 saturated carbocycles. The topological polar surface area (TPSA) is 58.4 Å². The Bertz CT molecular complexity index is 420. The largest absolute Gasteiger partial charge is 0.477 e. The summed E-state index contributed by atoms with van der Waals surface area (Å²) < 4.78 is 1.69. The fourth-order valence-electron chi connectivity index (χ4n) is 1.69. The molecule has 0 aliphatic carbocycles. The van der Waals surface area contributed by atoms with Crippen molar-refractivity contribution in [1.29, 1.82) is 0 Å². The van der Waals surface area contributed by atoms with Crippen molar-refractivity contribution >= 4 is 11.8 Å². The maximum atomic E-state index is 10.9. The minimum Gasteiger partial charge on any atom is -0.477 e. The van der Waals surface area contributed by atoms with Crippen molar-refractivity contribution < 1.29 is 9.90 Å². The van der Waals surface area contributed by atoms with Gasteiger partial charge in [-0.15, -0.1) is 0 Å². The monoisotopic (exact) mass is 193 g/mol. The van der Waals surface area contributed by atoms with E-state index in [0.29, 0.717) is 12.4 Å². The predicted molar refractivity (Wildman–Crippen MR) is 51.3 cm³/mol. The van der Waals surface area contributed by atoms with Gasteiger partial charge in [-0.1, -0.05) is 0 Å². The quantitative estimate of drug-likeness (QED) is 0.721. The van der Waals surface area contributed by atoms with E-state index in [-0.39, 0.29) is 5.56 Å². The Morgan fingerprint density at radius 1 is 1.64 bits per heavy atom. The second-order valence-electron chi connectivity index (χ2n) is 3.43. The summed E-state index contributed by atoms with van der Waals surface area (Å²) in [6.07, 6.45) is 3.31. The molecule has 0 amide bonds. The van der Waals surface area contributed by atoms with Crippen molar-refractivity contribution in [1.82, 2.24) is 9.78 Å². The highest BCUT2D eigenvalue weighted by Crippen LogP contribution is 2.24. The van der Waals surface area contributed by atoms with E-state index in [9.17, 15) is 4.79 Å². The molecule has 0 aromatic carbocycles. The number of aromatic nitrogens is 2. The maximum Gasteiger partial charge on any atom is 0.341 e. The first-order valence-corrected chi connectivity index (χ1v) is 4.29. The second kappa shape index (κ2) is 2.87. The van der Waals surface area contributed by atoms with Gasteiger partial charge in [0.2, 0.25) is 0 Å². The van der Waals surface area contributed by atoms with Gasteiger partial charge in [0, 0.05) is 13.2 Å². The van der Waals surface area contributed by atoms with Gasteiger partial charge in [0.15, 0.2) is 0 Å². The molecule has 1 aromatic rings. The average Bonchev–Trinajstić information content (AvgIpc) is 2.47. The Kier molecular flexibility index (Phi) is 1.80. The number of carboxylic acids is 1. The van der Waals surface area contributed by atoms with Gasteiger partial charge in [-0.2, -0.15) is 5.10 Å². The van der Waals surface area contributed by atoms with E-state index >= 15 is 0 Å². The summed E-state index contributed by atoms with van der Waals surface area (Å²) in [4.78, 5) is 12.6. The fourth-order valence-corrected chi connectivity index (χ4v) is 1.69. The van der Waals surface area contributed by atoms with E-state index in [2.05, 4.69) is 5.10 Å². The van der Waals surface area contributed by atoms with Crippen LogP contribution in [0.15, 0.2) is 18.0 Å². The number of rotatable bonds is 1. The Labute approximate surface area is 81.2 Å². The summed E-state index contributed by atoms with van der Waals surface area (Å²) in [5.74, 6) is -0.297. The van der Waals surface area contributed by atoms with E-state index in [1.54, 1.807) is 9.58 Å². The van der Waals surface area contributed by atoms with Gasteiger partial charge in [0.1, 0.15) is 11.4 Å². The van der Waals surface area contributed by atoms with Crippen LogP contribution in [0.2, 0.25) is 0 Å². The lowest BCUT2D eigenvalue weighted by Gasteiger charge is -2.23. The van der Waals surface area contributed by atoms with Crippen molar-refractivity contribution in [3.8, 4) is 0 Å². The number of allylic oxidation sites excluding steroid dienone is 1. The lowest BCUT2D eigenvalue weighted by atomic mass is 10.2. The zero-order chi connectivity index (χ0) is 10.3. The molecule has 2 rings (SSSR count). The molecular weight excluding hydrogens is 182 g/mol. The lowest BCUT2D eigenvalue weighted by molar-refractivity contribution is 0.0697. The number of hydrogen-bond acceptors (Lipinski definition) is 3. The highest BCUT2D eigenvalue weighted by molar-refractivity contribution is 5.93. The highest BCUT2D eigenvalue weighted by Gasteiger charge is 2.21. The van der Waals surface area contributed by atoms with Crippen molar-refractivity contribution in [3.63, 3.8) is 0 Å². The Balaban J connectivity index is 2.52. The first-order chi connectivity index (χ1) is 6.59. The SMILES string of the molecule is CC1=CN(C)c2c(C(=O)O)cnn2C1. The number of aromatic carboxylic acids is 1. The molecule has 1 N–H and O–H groups in total. The molecule has 0 bridgehead atoms. The number of fused-ring (bicyclic) bond motifs is 1. The molecule has 5 heteroatoms.